The third kappa shape index (κ3) is 3.25. The Morgan fingerprint density at radius 2 is 2.09 bits per heavy atom. The second-order valence-electron chi connectivity index (χ2n) is 6.16. The van der Waals surface area contributed by atoms with E-state index in [-0.39, 0.29) is 11.9 Å². The van der Waals surface area contributed by atoms with Crippen LogP contribution in [0.4, 0.5) is 5.69 Å². The van der Waals surface area contributed by atoms with Gasteiger partial charge in [0.15, 0.2) is 0 Å². The minimum absolute atomic E-state index is 0.0270. The fraction of sp³-hybridized carbons (Fsp3) is 0.588. The molecule has 1 N–H and O–H groups in total. The first-order chi connectivity index (χ1) is 10.6. The molecule has 120 valence electrons. The van der Waals surface area contributed by atoms with Gasteiger partial charge < -0.3 is 15.0 Å². The maximum Gasteiger partial charge on any atom is 0.216 e. The smallest absolute Gasteiger partial charge is 0.216 e. The Hall–Kier alpha value is -1.59. The monoisotopic (exact) mass is 303 g/mol. The highest BCUT2D eigenvalue weighted by Gasteiger charge is 2.25. The number of carbonyl (C=O) groups excluding carboxylic acids is 1. The van der Waals surface area contributed by atoms with Crippen molar-refractivity contribution in [2.24, 2.45) is 0 Å². The maximum absolute atomic E-state index is 11.3. The summed E-state index contributed by atoms with van der Waals surface area (Å²) in [4.78, 5) is 16.1. The molecule has 1 aromatic carbocycles. The molecule has 0 saturated carbocycles. The normalized spacial score (nSPS) is 19.8. The van der Waals surface area contributed by atoms with Crippen molar-refractivity contribution in [3.63, 3.8) is 0 Å². The van der Waals surface area contributed by atoms with Gasteiger partial charge in [-0.25, -0.2) is 0 Å². The first kappa shape index (κ1) is 15.3. The molecule has 0 aromatic heterocycles. The van der Waals surface area contributed by atoms with Gasteiger partial charge in [0, 0.05) is 45.8 Å². The SMILES string of the molecule is CC(=O)NCC(c1ccc2c(c1)CCN2C)N1CCOCC1. The number of fused-ring (bicyclic) bond motifs is 1. The zero-order valence-electron chi connectivity index (χ0n) is 13.5. The van der Waals surface area contributed by atoms with Crippen molar-refractivity contribution in [2.45, 2.75) is 19.4 Å². The van der Waals surface area contributed by atoms with Crippen LogP contribution in [0.25, 0.3) is 0 Å². The van der Waals surface area contributed by atoms with Gasteiger partial charge in [-0.1, -0.05) is 12.1 Å². The van der Waals surface area contributed by atoms with Crippen molar-refractivity contribution in [3.05, 3.63) is 29.3 Å². The van der Waals surface area contributed by atoms with Crippen LogP contribution in [0.2, 0.25) is 0 Å². The zero-order valence-corrected chi connectivity index (χ0v) is 13.5. The van der Waals surface area contributed by atoms with E-state index in [1.165, 1.54) is 16.8 Å². The van der Waals surface area contributed by atoms with E-state index in [2.05, 4.69) is 40.4 Å². The van der Waals surface area contributed by atoms with Crippen LogP contribution in [0.1, 0.15) is 24.1 Å². The lowest BCUT2D eigenvalue weighted by Crippen LogP contribution is -2.43. The fourth-order valence-electron chi connectivity index (χ4n) is 3.38. The number of anilines is 1. The van der Waals surface area contributed by atoms with E-state index < -0.39 is 0 Å². The summed E-state index contributed by atoms with van der Waals surface area (Å²) in [5.41, 5.74) is 4.05. The van der Waals surface area contributed by atoms with Crippen LogP contribution in [0.3, 0.4) is 0 Å². The highest BCUT2D eigenvalue weighted by atomic mass is 16.5. The highest BCUT2D eigenvalue weighted by molar-refractivity contribution is 5.72. The maximum atomic E-state index is 11.3. The number of amides is 1. The molecule has 1 amide bonds. The average Bonchev–Trinajstić information content (AvgIpc) is 2.89. The summed E-state index contributed by atoms with van der Waals surface area (Å²) in [5, 5.41) is 2.99. The number of likely N-dealkylation sites (N-methyl/N-ethyl adjacent to an activating group) is 1. The number of nitrogens with one attached hydrogen (secondary N) is 1. The summed E-state index contributed by atoms with van der Waals surface area (Å²) >= 11 is 0. The molecule has 1 aromatic rings. The van der Waals surface area contributed by atoms with Crippen LogP contribution in [0.15, 0.2) is 18.2 Å². The van der Waals surface area contributed by atoms with Gasteiger partial charge in [0.2, 0.25) is 5.91 Å². The number of benzene rings is 1. The van der Waals surface area contributed by atoms with Crippen molar-refractivity contribution in [1.29, 1.82) is 0 Å². The van der Waals surface area contributed by atoms with Gasteiger partial charge in [0.05, 0.1) is 19.3 Å². The predicted octanol–water partition coefficient (Wildman–Crippen LogP) is 1.19. The molecule has 0 spiro atoms. The van der Waals surface area contributed by atoms with Gasteiger partial charge in [-0.05, 0) is 23.6 Å². The fourth-order valence-corrected chi connectivity index (χ4v) is 3.38. The van der Waals surface area contributed by atoms with Crippen LogP contribution in [0.5, 0.6) is 0 Å². The Morgan fingerprint density at radius 3 is 2.82 bits per heavy atom. The molecule has 3 rings (SSSR count). The lowest BCUT2D eigenvalue weighted by Gasteiger charge is -2.35. The second-order valence-corrected chi connectivity index (χ2v) is 6.16. The van der Waals surface area contributed by atoms with Gasteiger partial charge in [0.25, 0.3) is 0 Å². The second kappa shape index (κ2) is 6.67. The minimum atomic E-state index is 0.0270. The van der Waals surface area contributed by atoms with Crippen molar-refractivity contribution < 1.29 is 9.53 Å². The van der Waals surface area contributed by atoms with E-state index in [9.17, 15) is 4.79 Å². The first-order valence-corrected chi connectivity index (χ1v) is 8.05. The van der Waals surface area contributed by atoms with Crippen molar-refractivity contribution in [2.75, 3.05) is 51.3 Å². The molecule has 0 bridgehead atoms. The summed E-state index contributed by atoms with van der Waals surface area (Å²) < 4.78 is 5.46. The molecule has 2 heterocycles. The molecule has 0 radical (unpaired) electrons. The predicted molar refractivity (Wildman–Crippen MR) is 87.2 cm³/mol. The van der Waals surface area contributed by atoms with E-state index in [1.54, 1.807) is 6.92 Å². The third-order valence-electron chi connectivity index (χ3n) is 4.65. The van der Waals surface area contributed by atoms with E-state index in [4.69, 9.17) is 4.74 Å². The number of hydrogen-bond donors (Lipinski definition) is 1. The number of ether oxygens (including phenoxy) is 1. The van der Waals surface area contributed by atoms with E-state index in [0.717, 1.165) is 39.3 Å². The largest absolute Gasteiger partial charge is 0.379 e. The summed E-state index contributed by atoms with van der Waals surface area (Å²) in [6.07, 6.45) is 1.11. The minimum Gasteiger partial charge on any atom is -0.379 e. The number of hydrogen-bond acceptors (Lipinski definition) is 4. The van der Waals surface area contributed by atoms with Crippen LogP contribution >= 0.6 is 0 Å². The van der Waals surface area contributed by atoms with E-state index in [0.29, 0.717) is 6.54 Å². The Kier molecular flexibility index (Phi) is 4.64. The highest BCUT2D eigenvalue weighted by Crippen LogP contribution is 2.31. The molecule has 1 atom stereocenters. The Bertz CT molecular complexity index is 541. The zero-order chi connectivity index (χ0) is 15.5. The van der Waals surface area contributed by atoms with Crippen molar-refractivity contribution >= 4 is 11.6 Å². The molecule has 1 saturated heterocycles. The molecule has 2 aliphatic heterocycles. The molecule has 22 heavy (non-hydrogen) atoms. The van der Waals surface area contributed by atoms with Crippen LogP contribution in [-0.4, -0.2) is 57.2 Å². The molecule has 2 aliphatic rings. The summed E-state index contributed by atoms with van der Waals surface area (Å²) in [5.74, 6) is 0.0270. The van der Waals surface area contributed by atoms with E-state index in [1.807, 2.05) is 0 Å². The molecule has 0 aliphatic carbocycles. The lowest BCUT2D eigenvalue weighted by molar-refractivity contribution is -0.119. The van der Waals surface area contributed by atoms with Gasteiger partial charge in [-0.3, -0.25) is 9.69 Å². The van der Waals surface area contributed by atoms with Crippen molar-refractivity contribution in [3.8, 4) is 0 Å². The molecular formula is C17H25N3O2. The van der Waals surface area contributed by atoms with Crippen molar-refractivity contribution in [1.82, 2.24) is 10.2 Å². The topological polar surface area (TPSA) is 44.8 Å². The van der Waals surface area contributed by atoms with E-state index >= 15 is 0 Å². The number of morpholine rings is 1. The molecule has 1 fully saturated rings. The number of rotatable bonds is 4. The van der Waals surface area contributed by atoms with Crippen LogP contribution in [0, 0.1) is 0 Å². The molecule has 1 unspecified atom stereocenters. The van der Waals surface area contributed by atoms with Gasteiger partial charge in [0.1, 0.15) is 0 Å². The lowest BCUT2D eigenvalue weighted by atomic mass is 10.0. The first-order valence-electron chi connectivity index (χ1n) is 8.05. The van der Waals surface area contributed by atoms with Gasteiger partial charge in [-0.2, -0.15) is 0 Å². The standard InChI is InChI=1S/C17H25N3O2/c1-13(21)18-12-17(20-7-9-22-10-8-20)14-3-4-16-15(11-14)5-6-19(16)2/h3-4,11,17H,5-10,12H2,1-2H3,(H,18,21). The number of carbonyl (C=O) groups is 1. The van der Waals surface area contributed by atoms with Gasteiger partial charge in [-0.15, -0.1) is 0 Å². The Morgan fingerprint density at radius 1 is 1.32 bits per heavy atom. The molecular weight excluding hydrogens is 278 g/mol. The Labute approximate surface area is 132 Å². The molecule has 5 heteroatoms. The quantitative estimate of drug-likeness (QED) is 0.907. The summed E-state index contributed by atoms with van der Waals surface area (Å²) in [6.45, 7) is 6.70. The summed E-state index contributed by atoms with van der Waals surface area (Å²) in [6, 6.07) is 6.98. The Balaban J connectivity index is 1.82. The third-order valence-corrected chi connectivity index (χ3v) is 4.65. The summed E-state index contributed by atoms with van der Waals surface area (Å²) in [7, 11) is 2.14. The van der Waals surface area contributed by atoms with Gasteiger partial charge >= 0.3 is 0 Å². The molecule has 5 nitrogen and oxygen atoms in total. The average molecular weight is 303 g/mol. The number of nitrogens with zero attached hydrogens (tertiary/aromatic N) is 2. The van der Waals surface area contributed by atoms with Crippen LogP contribution < -0.4 is 10.2 Å². The van der Waals surface area contributed by atoms with Crippen LogP contribution in [-0.2, 0) is 16.0 Å².